The Morgan fingerprint density at radius 2 is 1.82 bits per heavy atom. The van der Waals surface area contributed by atoms with Gasteiger partial charge in [0.1, 0.15) is 6.10 Å². The number of aliphatic carboxylic acids is 1. The number of hydrogen-bond acceptors (Lipinski definition) is 6. The fraction of sp³-hybridized carbons (Fsp3) is 0.733. The summed E-state index contributed by atoms with van der Waals surface area (Å²) in [7, 11) is -4.72. The molecule has 0 radical (unpaired) electrons. The van der Waals surface area contributed by atoms with E-state index in [1.54, 1.807) is 0 Å². The molecule has 0 aliphatic carbocycles. The zero-order valence-electron chi connectivity index (χ0n) is 15.8. The molecule has 2 amide bonds. The molecule has 0 spiro atoms. The zero-order chi connectivity index (χ0) is 21.8. The Morgan fingerprint density at radius 1 is 1.18 bits per heavy atom. The second-order valence-electron chi connectivity index (χ2n) is 6.57. The van der Waals surface area contributed by atoms with Gasteiger partial charge in [0.05, 0.1) is 6.61 Å². The van der Waals surface area contributed by atoms with Gasteiger partial charge in [0.25, 0.3) is 0 Å². The number of nitrogens with one attached hydrogen (secondary N) is 2. The van der Waals surface area contributed by atoms with Gasteiger partial charge in [0.2, 0.25) is 11.8 Å². The first kappa shape index (κ1) is 26.7. The summed E-state index contributed by atoms with van der Waals surface area (Å²) in [6, 6.07) is 0. The lowest BCUT2D eigenvalue weighted by atomic mass is 9.87. The number of phosphoric ester groups is 1. The molecule has 164 valence electrons. The normalized spacial score (nSPS) is 13.6. The van der Waals surface area contributed by atoms with Crippen molar-refractivity contribution in [2.45, 2.75) is 39.2 Å². The monoisotopic (exact) mass is 444 g/mol. The van der Waals surface area contributed by atoms with Crippen LogP contribution < -0.4 is 10.6 Å². The molecule has 0 fully saturated rings. The fourth-order valence-corrected chi connectivity index (χ4v) is 3.04. The van der Waals surface area contributed by atoms with Gasteiger partial charge in [-0.3, -0.25) is 18.9 Å². The van der Waals surface area contributed by atoms with Crippen LogP contribution in [0.15, 0.2) is 0 Å². The highest BCUT2D eigenvalue weighted by atomic mass is 32.1. The van der Waals surface area contributed by atoms with Gasteiger partial charge in [-0.2, -0.15) is 0 Å². The quantitative estimate of drug-likeness (QED) is 0.0783. The van der Waals surface area contributed by atoms with Crippen LogP contribution in [0.2, 0.25) is 0 Å². The predicted octanol–water partition coefficient (Wildman–Crippen LogP) is -0.762. The number of thiol groups is 1. The molecule has 0 unspecified atom stereocenters. The smallest absolute Gasteiger partial charge is 0.469 e. The van der Waals surface area contributed by atoms with Gasteiger partial charge in [-0.1, -0.05) is 19.2 Å². The van der Waals surface area contributed by atoms with Crippen molar-refractivity contribution in [1.29, 1.82) is 0 Å². The second-order valence-corrected chi connectivity index (χ2v) is 8.98. The van der Waals surface area contributed by atoms with Crippen LogP contribution in [-0.4, -0.2) is 74.7 Å². The second kappa shape index (κ2) is 13.0. The minimum atomic E-state index is -4.72. The van der Waals surface area contributed by atoms with E-state index in [2.05, 4.69) is 15.2 Å². The maximum absolute atomic E-state index is 11.9. The fourth-order valence-electron chi connectivity index (χ4n) is 1.80. The molecule has 0 saturated carbocycles. The standard InChI is InChI=1S/C15H29N2O9PS/c1-15(2,10-26-27(23,24)25)13(21)14(22)17-6-5-11(18)16-7-9-28-8-3-4-12(19)20/h8,13,21,28H,3-7,9-10H2,1-2H3,(H,16,18)(H,17,22)(H,19,20)(H2,23,24,25)/t13-/m0/s1. The van der Waals surface area contributed by atoms with Crippen molar-refractivity contribution in [3.05, 3.63) is 0 Å². The lowest BCUT2D eigenvalue weighted by Crippen LogP contribution is -2.46. The van der Waals surface area contributed by atoms with Gasteiger partial charge in [-0.15, -0.1) is 0 Å². The number of aliphatic hydroxyl groups excluding tert-OH is 1. The Balaban J connectivity index is 4.04. The number of carboxylic acids is 1. The predicted molar refractivity (Wildman–Crippen MR) is 105 cm³/mol. The molecular formula is C15H29N2O9PS. The number of hydrogen-bond donors (Lipinski definition) is 7. The highest BCUT2D eigenvalue weighted by Crippen LogP contribution is 2.38. The first-order valence-electron chi connectivity index (χ1n) is 8.48. The van der Waals surface area contributed by atoms with Crippen LogP contribution >= 0.6 is 19.2 Å². The molecule has 0 aromatic heterocycles. The summed E-state index contributed by atoms with van der Waals surface area (Å²) in [5.74, 6) is -1.28. The number of amides is 2. The van der Waals surface area contributed by atoms with Gasteiger partial charge in [-0.25, -0.2) is 15.9 Å². The van der Waals surface area contributed by atoms with Crippen LogP contribution in [0.5, 0.6) is 0 Å². The number of aliphatic hydroxyl groups is 1. The highest BCUT2D eigenvalue weighted by molar-refractivity contribution is 7.97. The van der Waals surface area contributed by atoms with Crippen LogP contribution in [0.1, 0.15) is 33.1 Å². The van der Waals surface area contributed by atoms with Crippen LogP contribution in [0, 0.1) is 5.41 Å². The van der Waals surface area contributed by atoms with E-state index in [0.717, 1.165) is 11.4 Å². The molecule has 0 aliphatic heterocycles. The minimum absolute atomic E-state index is 0.00249. The summed E-state index contributed by atoms with van der Waals surface area (Å²) in [5.41, 5.74) is -1.25. The van der Waals surface area contributed by atoms with Crippen LogP contribution in [0.25, 0.3) is 0 Å². The van der Waals surface area contributed by atoms with Crippen molar-refractivity contribution in [2.75, 3.05) is 25.4 Å². The van der Waals surface area contributed by atoms with Crippen molar-refractivity contribution < 1.29 is 43.5 Å². The number of carbonyl (C=O) groups is 3. The van der Waals surface area contributed by atoms with E-state index >= 15 is 0 Å². The number of phosphoric acid groups is 1. The van der Waals surface area contributed by atoms with Gasteiger partial charge >= 0.3 is 13.8 Å². The maximum Gasteiger partial charge on any atom is 0.469 e. The minimum Gasteiger partial charge on any atom is -0.481 e. The average molecular weight is 444 g/mol. The third-order valence-electron chi connectivity index (χ3n) is 3.42. The Morgan fingerprint density at radius 3 is 2.39 bits per heavy atom. The number of carbonyl (C=O) groups excluding carboxylic acids is 2. The van der Waals surface area contributed by atoms with E-state index in [-0.39, 0.29) is 25.3 Å². The van der Waals surface area contributed by atoms with E-state index < -0.39 is 37.8 Å². The molecule has 0 rings (SSSR count). The average Bonchev–Trinajstić information content (AvgIpc) is 2.57. The Labute approximate surface area is 167 Å². The summed E-state index contributed by atoms with van der Waals surface area (Å²) in [6.07, 6.45) is -1.04. The molecule has 0 bridgehead atoms. The Hall–Kier alpha value is -1.30. The van der Waals surface area contributed by atoms with Crippen molar-refractivity contribution in [3.63, 3.8) is 0 Å². The first-order valence-corrected chi connectivity index (χ1v) is 11.2. The van der Waals surface area contributed by atoms with Crippen molar-refractivity contribution in [1.82, 2.24) is 10.6 Å². The van der Waals surface area contributed by atoms with Crippen molar-refractivity contribution in [2.24, 2.45) is 5.41 Å². The number of carboxylic acid groups (broad SMARTS) is 1. The largest absolute Gasteiger partial charge is 0.481 e. The summed E-state index contributed by atoms with van der Waals surface area (Å²) in [5, 5.41) is 25.3. The molecule has 0 aromatic rings. The molecule has 6 N–H and O–H groups in total. The van der Waals surface area contributed by atoms with Crippen molar-refractivity contribution >= 4 is 42.3 Å². The Kier molecular flexibility index (Phi) is 12.4. The molecule has 0 saturated heterocycles. The van der Waals surface area contributed by atoms with Gasteiger partial charge in [-0.05, 0) is 6.42 Å². The molecule has 11 nitrogen and oxygen atoms in total. The molecule has 0 heterocycles. The van der Waals surface area contributed by atoms with Crippen molar-refractivity contribution in [3.8, 4) is 0 Å². The van der Waals surface area contributed by atoms with Gasteiger partial charge in [0, 0.05) is 37.1 Å². The summed E-state index contributed by atoms with van der Waals surface area (Å²) < 4.78 is 15.1. The molecule has 0 aromatic carbocycles. The van der Waals surface area contributed by atoms with E-state index in [1.165, 1.54) is 13.8 Å². The third kappa shape index (κ3) is 13.8. The molecule has 13 heteroatoms. The Bertz CT molecular complexity index is 606. The lowest BCUT2D eigenvalue weighted by Gasteiger charge is -2.29. The summed E-state index contributed by atoms with van der Waals surface area (Å²) in [4.78, 5) is 51.3. The van der Waals surface area contributed by atoms with Gasteiger partial charge in [0.15, 0.2) is 0 Å². The molecule has 1 atom stereocenters. The van der Waals surface area contributed by atoms with Gasteiger partial charge < -0.3 is 30.6 Å². The van der Waals surface area contributed by atoms with Crippen LogP contribution in [0.4, 0.5) is 0 Å². The van der Waals surface area contributed by atoms with Crippen LogP contribution in [-0.2, 0) is 23.5 Å². The van der Waals surface area contributed by atoms with E-state index in [4.69, 9.17) is 14.9 Å². The molecule has 28 heavy (non-hydrogen) atoms. The van der Waals surface area contributed by atoms with E-state index in [1.807, 2.05) is 5.37 Å². The third-order valence-corrected chi connectivity index (χ3v) is 4.89. The van der Waals surface area contributed by atoms with Crippen LogP contribution in [0.3, 0.4) is 0 Å². The number of rotatable bonds is 14. The van der Waals surface area contributed by atoms with E-state index in [0.29, 0.717) is 18.7 Å². The highest BCUT2D eigenvalue weighted by Gasteiger charge is 2.35. The van der Waals surface area contributed by atoms with E-state index in [9.17, 15) is 24.1 Å². The molecule has 0 aliphatic rings. The lowest BCUT2D eigenvalue weighted by molar-refractivity contribution is -0.137. The zero-order valence-corrected chi connectivity index (χ0v) is 17.6. The topological polar surface area (TPSA) is 182 Å². The maximum atomic E-state index is 11.9. The summed E-state index contributed by atoms with van der Waals surface area (Å²) >= 11 is 0.924. The first-order chi connectivity index (χ1) is 12.8. The SMILES string of the molecule is CC(C)(COP(=O)(O)O)[C@@H](O)C(=O)NCCC(=O)NCC[SH]=CCCC(=O)O. The molecular weight excluding hydrogens is 415 g/mol. The summed E-state index contributed by atoms with van der Waals surface area (Å²) in [6.45, 7) is 2.68.